The van der Waals surface area contributed by atoms with Crippen LogP contribution in [0.4, 0.5) is 5.69 Å². The van der Waals surface area contributed by atoms with Gasteiger partial charge in [-0.2, -0.15) is 0 Å². The standard InChI is InChI=1S/C27H32N2O3/c1-3-28(21-12-10-7-11-13-21)25-24(20-16-18-23(19-17-20)32-4-2)26(30)29(27(25)31)22-14-8-5-6-9-15-22/h7,10-13,16-19,22H,3-6,8-9,14-15H2,1-2H3. The van der Waals surface area contributed by atoms with E-state index >= 15 is 0 Å². The van der Waals surface area contributed by atoms with Crippen LogP contribution >= 0.6 is 0 Å². The molecular weight excluding hydrogens is 400 g/mol. The Kier molecular flexibility index (Phi) is 6.93. The van der Waals surface area contributed by atoms with Crippen molar-refractivity contribution in [3.8, 4) is 5.75 Å². The third kappa shape index (κ3) is 4.29. The van der Waals surface area contributed by atoms with Gasteiger partial charge >= 0.3 is 0 Å². The second kappa shape index (κ2) is 10.0. The Hall–Kier alpha value is -3.08. The Morgan fingerprint density at radius 1 is 0.875 bits per heavy atom. The molecule has 5 heteroatoms. The summed E-state index contributed by atoms with van der Waals surface area (Å²) in [6.07, 6.45) is 6.24. The predicted molar refractivity (Wildman–Crippen MR) is 127 cm³/mol. The Labute approximate surface area is 190 Å². The number of benzene rings is 2. The summed E-state index contributed by atoms with van der Waals surface area (Å²) < 4.78 is 5.58. The zero-order valence-corrected chi connectivity index (χ0v) is 19.0. The van der Waals surface area contributed by atoms with Crippen LogP contribution in [0, 0.1) is 0 Å². The van der Waals surface area contributed by atoms with Crippen LogP contribution in [0.5, 0.6) is 5.75 Å². The van der Waals surface area contributed by atoms with Gasteiger partial charge in [-0.25, -0.2) is 0 Å². The van der Waals surface area contributed by atoms with Crippen LogP contribution in [0.1, 0.15) is 57.9 Å². The molecule has 1 aliphatic heterocycles. The number of para-hydroxylation sites is 1. The topological polar surface area (TPSA) is 49.9 Å². The number of amides is 2. The summed E-state index contributed by atoms with van der Waals surface area (Å²) >= 11 is 0. The molecule has 1 fully saturated rings. The van der Waals surface area contributed by atoms with E-state index in [1.807, 2.05) is 73.3 Å². The van der Waals surface area contributed by atoms with Crippen molar-refractivity contribution in [3.05, 3.63) is 65.9 Å². The highest BCUT2D eigenvalue weighted by molar-refractivity contribution is 6.36. The second-order valence-electron chi connectivity index (χ2n) is 8.39. The Bertz CT molecular complexity index is 974. The summed E-state index contributed by atoms with van der Waals surface area (Å²) in [5.41, 5.74) is 2.65. The molecule has 0 atom stereocenters. The largest absolute Gasteiger partial charge is 0.494 e. The lowest BCUT2D eigenvalue weighted by atomic mass is 10.0. The lowest BCUT2D eigenvalue weighted by Gasteiger charge is -2.28. The lowest BCUT2D eigenvalue weighted by molar-refractivity contribution is -0.139. The number of carbonyl (C=O) groups excluding carboxylic acids is 2. The molecule has 0 bridgehead atoms. The van der Waals surface area contributed by atoms with Crippen molar-refractivity contribution < 1.29 is 14.3 Å². The van der Waals surface area contributed by atoms with E-state index in [9.17, 15) is 9.59 Å². The molecule has 0 saturated heterocycles. The first-order chi connectivity index (χ1) is 15.7. The summed E-state index contributed by atoms with van der Waals surface area (Å²) in [7, 11) is 0. The molecule has 2 amide bonds. The van der Waals surface area contributed by atoms with Crippen LogP contribution in [0.2, 0.25) is 0 Å². The summed E-state index contributed by atoms with van der Waals surface area (Å²) in [5, 5.41) is 0. The summed E-state index contributed by atoms with van der Waals surface area (Å²) in [6.45, 7) is 5.13. The smallest absolute Gasteiger partial charge is 0.278 e. The highest BCUT2D eigenvalue weighted by Crippen LogP contribution is 2.37. The van der Waals surface area contributed by atoms with E-state index in [2.05, 4.69) is 0 Å². The molecule has 2 aromatic rings. The maximum atomic E-state index is 13.8. The second-order valence-corrected chi connectivity index (χ2v) is 8.39. The summed E-state index contributed by atoms with van der Waals surface area (Å²) in [5.74, 6) is 0.415. The maximum absolute atomic E-state index is 13.8. The number of anilines is 1. The van der Waals surface area contributed by atoms with Crippen molar-refractivity contribution in [2.75, 3.05) is 18.1 Å². The molecule has 2 aromatic carbocycles. The van der Waals surface area contributed by atoms with Gasteiger partial charge in [0.05, 0.1) is 12.2 Å². The van der Waals surface area contributed by atoms with Gasteiger partial charge in [-0.15, -0.1) is 0 Å². The molecule has 1 aliphatic carbocycles. The van der Waals surface area contributed by atoms with Gasteiger partial charge in [0.15, 0.2) is 0 Å². The van der Waals surface area contributed by atoms with Gasteiger partial charge in [0.1, 0.15) is 11.4 Å². The average Bonchev–Trinajstić information content (AvgIpc) is 2.97. The first-order valence-electron chi connectivity index (χ1n) is 11.8. The minimum Gasteiger partial charge on any atom is -0.494 e. The number of rotatable bonds is 7. The third-order valence-electron chi connectivity index (χ3n) is 6.39. The fraction of sp³-hybridized carbons (Fsp3) is 0.407. The molecule has 0 spiro atoms. The molecule has 0 unspecified atom stereocenters. The Morgan fingerprint density at radius 2 is 1.53 bits per heavy atom. The summed E-state index contributed by atoms with van der Waals surface area (Å²) in [6, 6.07) is 17.3. The van der Waals surface area contributed by atoms with Crippen molar-refractivity contribution >= 4 is 23.1 Å². The monoisotopic (exact) mass is 432 g/mol. The molecule has 1 heterocycles. The number of imide groups is 1. The molecule has 1 saturated carbocycles. The molecule has 0 radical (unpaired) electrons. The fourth-order valence-corrected chi connectivity index (χ4v) is 4.86. The Balaban J connectivity index is 1.80. The van der Waals surface area contributed by atoms with Gasteiger partial charge in [0, 0.05) is 18.3 Å². The number of nitrogens with zero attached hydrogens (tertiary/aromatic N) is 2. The fourth-order valence-electron chi connectivity index (χ4n) is 4.86. The van der Waals surface area contributed by atoms with E-state index in [0.717, 1.165) is 42.7 Å². The molecule has 32 heavy (non-hydrogen) atoms. The van der Waals surface area contributed by atoms with Crippen LogP contribution in [0.15, 0.2) is 60.3 Å². The van der Waals surface area contributed by atoms with Gasteiger partial charge in [0.25, 0.3) is 11.8 Å². The van der Waals surface area contributed by atoms with Crippen LogP contribution in [0.3, 0.4) is 0 Å². The molecule has 5 nitrogen and oxygen atoms in total. The van der Waals surface area contributed by atoms with Gasteiger partial charge in [0.2, 0.25) is 0 Å². The first-order valence-corrected chi connectivity index (χ1v) is 11.8. The quantitative estimate of drug-likeness (QED) is 0.433. The van der Waals surface area contributed by atoms with Crippen LogP contribution in [-0.2, 0) is 9.59 Å². The molecule has 168 valence electrons. The van der Waals surface area contributed by atoms with Crippen LogP contribution in [-0.4, -0.2) is 35.9 Å². The molecule has 0 aromatic heterocycles. The van der Waals surface area contributed by atoms with Crippen LogP contribution < -0.4 is 9.64 Å². The van der Waals surface area contributed by atoms with E-state index in [0.29, 0.717) is 24.4 Å². The Morgan fingerprint density at radius 3 is 2.12 bits per heavy atom. The predicted octanol–water partition coefficient (Wildman–Crippen LogP) is 5.41. The van der Waals surface area contributed by atoms with Crippen molar-refractivity contribution in [2.45, 2.75) is 58.4 Å². The SMILES string of the molecule is CCOc1ccc(C2=C(N(CC)c3ccccc3)C(=O)N(C3CCCCCC3)C2=O)cc1. The van der Waals surface area contributed by atoms with E-state index in [1.54, 1.807) is 4.90 Å². The zero-order valence-electron chi connectivity index (χ0n) is 19.0. The minimum atomic E-state index is -0.171. The first kappa shape index (κ1) is 22.1. The highest BCUT2D eigenvalue weighted by Gasteiger charge is 2.44. The van der Waals surface area contributed by atoms with Crippen molar-refractivity contribution in [1.29, 1.82) is 0 Å². The number of hydrogen-bond donors (Lipinski definition) is 0. The average molecular weight is 433 g/mol. The lowest BCUT2D eigenvalue weighted by Crippen LogP contribution is -2.42. The van der Waals surface area contributed by atoms with E-state index in [-0.39, 0.29) is 17.9 Å². The van der Waals surface area contributed by atoms with Gasteiger partial charge in [-0.3, -0.25) is 14.5 Å². The molecule has 2 aliphatic rings. The maximum Gasteiger partial charge on any atom is 0.278 e. The van der Waals surface area contributed by atoms with Gasteiger partial charge in [-0.1, -0.05) is 56.0 Å². The summed E-state index contributed by atoms with van der Waals surface area (Å²) in [4.78, 5) is 31.2. The van der Waals surface area contributed by atoms with Crippen molar-refractivity contribution in [1.82, 2.24) is 4.90 Å². The van der Waals surface area contributed by atoms with E-state index in [4.69, 9.17) is 4.74 Å². The van der Waals surface area contributed by atoms with Crippen molar-refractivity contribution in [2.24, 2.45) is 0 Å². The highest BCUT2D eigenvalue weighted by atomic mass is 16.5. The zero-order chi connectivity index (χ0) is 22.5. The molecular formula is C27H32N2O3. The van der Waals surface area contributed by atoms with Gasteiger partial charge < -0.3 is 9.64 Å². The normalized spacial score (nSPS) is 17.6. The number of ether oxygens (including phenoxy) is 1. The molecule has 0 N–H and O–H groups in total. The van der Waals surface area contributed by atoms with Crippen molar-refractivity contribution in [3.63, 3.8) is 0 Å². The minimum absolute atomic E-state index is 0.0258. The van der Waals surface area contributed by atoms with Crippen LogP contribution in [0.25, 0.3) is 5.57 Å². The van der Waals surface area contributed by atoms with Gasteiger partial charge in [-0.05, 0) is 56.5 Å². The third-order valence-corrected chi connectivity index (χ3v) is 6.39. The number of carbonyl (C=O) groups is 2. The number of hydrogen-bond acceptors (Lipinski definition) is 4. The van der Waals surface area contributed by atoms with E-state index < -0.39 is 0 Å². The molecule has 4 rings (SSSR count). The van der Waals surface area contributed by atoms with E-state index in [1.165, 1.54) is 12.8 Å². The number of likely N-dealkylation sites (N-methyl/N-ethyl adjacent to an activating group) is 1.